The van der Waals surface area contributed by atoms with Crippen LogP contribution in [-0.4, -0.2) is 50.8 Å². The molecule has 0 aromatic heterocycles. The molecule has 0 bridgehead atoms. The lowest BCUT2D eigenvalue weighted by Crippen LogP contribution is -2.42. The zero-order chi connectivity index (χ0) is 17.6. The molecule has 1 aromatic carbocycles. The second-order valence-corrected chi connectivity index (χ2v) is 6.51. The number of amides is 2. The quantitative estimate of drug-likeness (QED) is 0.805. The number of nitrogens with zero attached hydrogens (tertiary/aromatic N) is 1. The third kappa shape index (κ3) is 4.70. The van der Waals surface area contributed by atoms with E-state index in [1.165, 1.54) is 0 Å². The van der Waals surface area contributed by atoms with Crippen molar-refractivity contribution < 1.29 is 19.1 Å². The Labute approximate surface area is 147 Å². The largest absolute Gasteiger partial charge is 0.376 e. The fourth-order valence-corrected chi connectivity index (χ4v) is 3.21. The molecule has 136 valence electrons. The van der Waals surface area contributed by atoms with Gasteiger partial charge < -0.3 is 25.4 Å². The first kappa shape index (κ1) is 17.7. The molecule has 0 aliphatic carbocycles. The van der Waals surface area contributed by atoms with E-state index in [9.17, 15) is 9.59 Å². The molecule has 1 aromatic rings. The average molecular weight is 347 g/mol. The molecule has 7 heteroatoms. The highest BCUT2D eigenvalue weighted by molar-refractivity contribution is 5.81. The highest BCUT2D eigenvalue weighted by atomic mass is 16.6. The molecule has 0 unspecified atom stereocenters. The van der Waals surface area contributed by atoms with Crippen LogP contribution in [0.4, 0.5) is 5.69 Å². The molecule has 0 radical (unpaired) electrons. The van der Waals surface area contributed by atoms with Crippen molar-refractivity contribution >= 4 is 17.5 Å². The number of hydrogen-bond donors (Lipinski definition) is 2. The molecule has 0 spiro atoms. The number of hydrogen-bond acceptors (Lipinski definition) is 5. The van der Waals surface area contributed by atoms with Crippen LogP contribution in [0.2, 0.25) is 0 Å². The monoisotopic (exact) mass is 347 g/mol. The van der Waals surface area contributed by atoms with Crippen LogP contribution in [0, 0.1) is 5.92 Å². The summed E-state index contributed by atoms with van der Waals surface area (Å²) in [6, 6.07) is 8.01. The Hall–Kier alpha value is -2.12. The Kier molecular flexibility index (Phi) is 5.88. The summed E-state index contributed by atoms with van der Waals surface area (Å²) in [6.45, 7) is 3.35. The van der Waals surface area contributed by atoms with Crippen molar-refractivity contribution in [1.82, 2.24) is 5.32 Å². The third-order valence-electron chi connectivity index (χ3n) is 4.70. The Balaban J connectivity index is 1.51. The van der Waals surface area contributed by atoms with E-state index in [2.05, 4.69) is 10.2 Å². The predicted molar refractivity (Wildman–Crippen MR) is 93.0 cm³/mol. The Morgan fingerprint density at radius 1 is 1.24 bits per heavy atom. The highest BCUT2D eigenvalue weighted by Crippen LogP contribution is 2.23. The molecule has 2 heterocycles. The Morgan fingerprint density at radius 2 is 2.04 bits per heavy atom. The van der Waals surface area contributed by atoms with Gasteiger partial charge in [0.15, 0.2) is 6.10 Å². The van der Waals surface area contributed by atoms with E-state index in [4.69, 9.17) is 15.2 Å². The van der Waals surface area contributed by atoms with Crippen molar-refractivity contribution in [3.63, 3.8) is 0 Å². The van der Waals surface area contributed by atoms with Gasteiger partial charge in [0.05, 0.1) is 25.7 Å². The number of piperidine rings is 1. The predicted octanol–water partition coefficient (Wildman–Crippen LogP) is 0.420. The second-order valence-electron chi connectivity index (χ2n) is 6.51. The lowest BCUT2D eigenvalue weighted by Gasteiger charge is -2.33. The fourth-order valence-electron chi connectivity index (χ4n) is 3.21. The minimum atomic E-state index is -0.521. The molecule has 3 N–H and O–H groups in total. The van der Waals surface area contributed by atoms with Gasteiger partial charge in [0.2, 0.25) is 5.91 Å². The molecular formula is C18H25N3O4. The van der Waals surface area contributed by atoms with Gasteiger partial charge in [0, 0.05) is 25.3 Å². The van der Waals surface area contributed by atoms with Crippen molar-refractivity contribution in [2.24, 2.45) is 11.7 Å². The van der Waals surface area contributed by atoms with Gasteiger partial charge in [-0.3, -0.25) is 9.59 Å². The van der Waals surface area contributed by atoms with Gasteiger partial charge in [-0.15, -0.1) is 0 Å². The van der Waals surface area contributed by atoms with Crippen LogP contribution in [0.15, 0.2) is 24.3 Å². The van der Waals surface area contributed by atoms with E-state index in [-0.39, 0.29) is 17.7 Å². The number of carbonyl (C=O) groups is 2. The summed E-state index contributed by atoms with van der Waals surface area (Å²) in [6.07, 6.45) is 1.31. The first-order valence-electron chi connectivity index (χ1n) is 8.74. The van der Waals surface area contributed by atoms with E-state index in [0.29, 0.717) is 32.9 Å². The second kappa shape index (κ2) is 8.31. The van der Waals surface area contributed by atoms with Gasteiger partial charge in [-0.1, -0.05) is 12.1 Å². The van der Waals surface area contributed by atoms with Gasteiger partial charge in [0.25, 0.3) is 5.91 Å². The maximum Gasteiger partial charge on any atom is 0.251 e. The van der Waals surface area contributed by atoms with Crippen molar-refractivity contribution in [2.75, 3.05) is 37.8 Å². The lowest BCUT2D eigenvalue weighted by atomic mass is 9.97. The van der Waals surface area contributed by atoms with Gasteiger partial charge in [-0.2, -0.15) is 0 Å². The molecule has 2 aliphatic heterocycles. The highest BCUT2D eigenvalue weighted by Gasteiger charge is 2.24. The number of nitrogens with two attached hydrogens (primary N) is 1. The summed E-state index contributed by atoms with van der Waals surface area (Å²) in [5.74, 6) is -0.451. The minimum absolute atomic E-state index is 0.0783. The topological polar surface area (TPSA) is 93.9 Å². The molecular weight excluding hydrogens is 322 g/mol. The molecule has 7 nitrogen and oxygen atoms in total. The molecule has 2 atom stereocenters. The molecule has 2 aliphatic rings. The summed E-state index contributed by atoms with van der Waals surface area (Å²) >= 11 is 0. The smallest absolute Gasteiger partial charge is 0.251 e. The van der Waals surface area contributed by atoms with E-state index >= 15 is 0 Å². The van der Waals surface area contributed by atoms with Gasteiger partial charge in [0.1, 0.15) is 0 Å². The van der Waals surface area contributed by atoms with Crippen molar-refractivity contribution in [3.8, 4) is 0 Å². The SMILES string of the molecule is NC(=O)[C@@H]1CCCN(c2ccc(CNC(=O)[C@H]3COCCO3)cc2)C1. The van der Waals surface area contributed by atoms with Crippen molar-refractivity contribution in [1.29, 1.82) is 0 Å². The maximum absolute atomic E-state index is 12.0. The first-order chi connectivity index (χ1) is 12.1. The summed E-state index contributed by atoms with van der Waals surface area (Å²) in [5, 5.41) is 2.87. The van der Waals surface area contributed by atoms with Crippen LogP contribution in [0.25, 0.3) is 0 Å². The minimum Gasteiger partial charge on any atom is -0.376 e. The van der Waals surface area contributed by atoms with Gasteiger partial charge in [-0.25, -0.2) is 0 Å². The summed E-state index contributed by atoms with van der Waals surface area (Å²) in [4.78, 5) is 25.6. The summed E-state index contributed by atoms with van der Waals surface area (Å²) in [7, 11) is 0. The molecule has 2 saturated heterocycles. The van der Waals surface area contributed by atoms with Crippen molar-refractivity contribution in [2.45, 2.75) is 25.5 Å². The maximum atomic E-state index is 12.0. The van der Waals surface area contributed by atoms with E-state index in [0.717, 1.165) is 30.6 Å². The summed E-state index contributed by atoms with van der Waals surface area (Å²) < 4.78 is 10.6. The van der Waals surface area contributed by atoms with Gasteiger partial charge >= 0.3 is 0 Å². The van der Waals surface area contributed by atoms with Crippen LogP contribution < -0.4 is 16.0 Å². The van der Waals surface area contributed by atoms with Crippen LogP contribution in [0.5, 0.6) is 0 Å². The molecule has 2 fully saturated rings. The van der Waals surface area contributed by atoms with E-state index in [1.807, 2.05) is 24.3 Å². The molecule has 2 amide bonds. The average Bonchev–Trinajstić information content (AvgIpc) is 2.67. The summed E-state index contributed by atoms with van der Waals surface area (Å²) in [5.41, 5.74) is 7.52. The number of anilines is 1. The standard InChI is InChI=1S/C18H25N3O4/c19-17(22)14-2-1-7-21(11-14)15-5-3-13(4-6-15)10-20-18(23)16-12-24-8-9-25-16/h3-6,14,16H,1-2,7-12H2,(H2,19,22)(H,20,23)/t14-,16-/m1/s1. The fraction of sp³-hybridized carbons (Fsp3) is 0.556. The van der Waals surface area contributed by atoms with Gasteiger partial charge in [-0.05, 0) is 30.5 Å². The number of rotatable bonds is 5. The van der Waals surface area contributed by atoms with Crippen LogP contribution in [0.3, 0.4) is 0 Å². The Bertz CT molecular complexity index is 599. The number of carbonyl (C=O) groups excluding carboxylic acids is 2. The normalized spacial score (nSPS) is 23.9. The molecule has 25 heavy (non-hydrogen) atoms. The molecule has 0 saturated carbocycles. The zero-order valence-corrected chi connectivity index (χ0v) is 14.3. The third-order valence-corrected chi connectivity index (χ3v) is 4.70. The molecule has 3 rings (SSSR count). The number of benzene rings is 1. The number of ether oxygens (including phenoxy) is 2. The first-order valence-corrected chi connectivity index (χ1v) is 8.74. The van der Waals surface area contributed by atoms with Crippen LogP contribution in [0.1, 0.15) is 18.4 Å². The number of nitrogens with one attached hydrogen (secondary N) is 1. The van der Waals surface area contributed by atoms with E-state index in [1.54, 1.807) is 0 Å². The van der Waals surface area contributed by atoms with Crippen LogP contribution in [-0.2, 0) is 25.6 Å². The Morgan fingerprint density at radius 3 is 2.72 bits per heavy atom. The zero-order valence-electron chi connectivity index (χ0n) is 14.3. The van der Waals surface area contributed by atoms with Crippen LogP contribution >= 0.6 is 0 Å². The van der Waals surface area contributed by atoms with Crippen molar-refractivity contribution in [3.05, 3.63) is 29.8 Å². The number of primary amides is 1. The lowest BCUT2D eigenvalue weighted by molar-refractivity contribution is -0.147. The van der Waals surface area contributed by atoms with E-state index < -0.39 is 6.10 Å².